The summed E-state index contributed by atoms with van der Waals surface area (Å²) in [5, 5.41) is 1.31. The van der Waals surface area contributed by atoms with Crippen LogP contribution in [0.25, 0.3) is 95.2 Å². The van der Waals surface area contributed by atoms with E-state index in [-0.39, 0.29) is 30.0 Å². The largest absolute Gasteiger partial charge is 0.354 e. The first-order chi connectivity index (χ1) is 29.9. The van der Waals surface area contributed by atoms with Gasteiger partial charge in [0.1, 0.15) is 0 Å². The highest BCUT2D eigenvalue weighted by molar-refractivity contribution is 6.43. The summed E-state index contributed by atoms with van der Waals surface area (Å²) in [5.41, 5.74) is 18.2. The Morgan fingerprint density at radius 3 is 1.21 bits per heavy atom. The second-order valence-electron chi connectivity index (χ2n) is 18.0. The van der Waals surface area contributed by atoms with E-state index in [1.807, 2.05) is 13.8 Å². The maximum absolute atomic E-state index is 14.4. The zero-order chi connectivity index (χ0) is 42.9. The standard InChI is InChI=1S/C56H48N4O2/c1-32-7-15-36(16-8-32)50-40-29-47(60-55(40)54-48(61)30-56(5,6)31-49(54)62)53(39-21-13-35(4)14-22-39)46-28-27-45(59-46)52(38-19-11-34(3)12-20-38)44-26-25-43(58-44)51(42-24-23-41(50)57-42)37-17-9-33(2)10-18-37/h7-29,57,59-60H,30-31H2,1-6H3. The van der Waals surface area contributed by atoms with E-state index in [4.69, 9.17) is 4.98 Å². The topological polar surface area (TPSA) is 94.4 Å². The maximum atomic E-state index is 14.4. The fraction of sp³-hybridized carbons (Fsp3) is 0.161. The van der Waals surface area contributed by atoms with E-state index in [0.29, 0.717) is 5.35 Å². The van der Waals surface area contributed by atoms with Crippen LogP contribution in [0, 0.1) is 33.1 Å². The fourth-order valence-electron chi connectivity index (χ4n) is 9.22. The van der Waals surface area contributed by atoms with Crippen LogP contribution in [0.1, 0.15) is 60.3 Å². The van der Waals surface area contributed by atoms with Crippen LogP contribution in [0.5, 0.6) is 0 Å². The van der Waals surface area contributed by atoms with E-state index in [1.165, 1.54) is 11.1 Å². The number of carbonyl (C=O) groups is 2. The first kappa shape index (κ1) is 38.9. The predicted molar refractivity (Wildman–Crippen MR) is 256 cm³/mol. The van der Waals surface area contributed by atoms with Crippen molar-refractivity contribution >= 4 is 62.3 Å². The summed E-state index contributed by atoms with van der Waals surface area (Å²) in [6.07, 6.45) is 4.80. The minimum Gasteiger partial charge on any atom is -0.354 e. The highest BCUT2D eigenvalue weighted by Crippen LogP contribution is 2.39. The minimum atomic E-state index is -0.431. The van der Waals surface area contributed by atoms with Crippen molar-refractivity contribution in [2.45, 2.75) is 54.4 Å². The number of hydrogen-bond acceptors (Lipinski definition) is 3. The van der Waals surface area contributed by atoms with Gasteiger partial charge in [0.05, 0.1) is 22.3 Å². The molecule has 1 fully saturated rings. The van der Waals surface area contributed by atoms with Gasteiger partial charge in [-0.15, -0.1) is 0 Å². The lowest BCUT2D eigenvalue weighted by molar-refractivity contribution is -0.124. The Kier molecular flexibility index (Phi) is 9.40. The molecule has 0 amide bonds. The summed E-state index contributed by atoms with van der Waals surface area (Å²) in [5.74, 6) is -0.294. The molecule has 0 radical (unpaired) electrons. The Hall–Kier alpha value is -7.31. The molecule has 8 bridgehead atoms. The van der Waals surface area contributed by atoms with Gasteiger partial charge in [0, 0.05) is 68.1 Å². The van der Waals surface area contributed by atoms with Crippen molar-refractivity contribution in [1.82, 2.24) is 19.9 Å². The lowest BCUT2D eigenvalue weighted by Crippen LogP contribution is -2.34. The number of benzene rings is 4. The third-order valence-corrected chi connectivity index (χ3v) is 12.4. The molecule has 0 atom stereocenters. The predicted octanol–water partition coefficient (Wildman–Crippen LogP) is 13.0. The SMILES string of the molecule is Cc1ccc(-c2c3nc(c(-c4ccc(C)cc4)c4ccc([nH]4)c(-c4ccc(C)cc4)c4cc([nH]c4=C4C(=O)CC(C)(C)CC4=O)c(-c4ccc(C)cc4)c4ccc2[nH]4)C=C3)cc1. The third kappa shape index (κ3) is 7.01. The average molecular weight is 809 g/mol. The number of carbonyl (C=O) groups excluding carboxylic acids is 2. The highest BCUT2D eigenvalue weighted by atomic mass is 16.2. The molecule has 3 N–H and O–H groups in total. The van der Waals surface area contributed by atoms with Crippen LogP contribution in [0.15, 0.2) is 127 Å². The molecule has 0 spiro atoms. The molecule has 4 aromatic carbocycles. The van der Waals surface area contributed by atoms with Crippen molar-refractivity contribution in [1.29, 1.82) is 0 Å². The van der Waals surface area contributed by atoms with Gasteiger partial charge in [0.2, 0.25) is 0 Å². The number of aromatic amines is 3. The quantitative estimate of drug-likeness (QED) is 0.165. The van der Waals surface area contributed by atoms with Gasteiger partial charge < -0.3 is 15.0 Å². The number of rotatable bonds is 4. The van der Waals surface area contributed by atoms with Crippen LogP contribution in [-0.4, -0.2) is 31.5 Å². The van der Waals surface area contributed by atoms with Gasteiger partial charge in [-0.3, -0.25) is 9.59 Å². The maximum Gasteiger partial charge on any atom is 0.169 e. The zero-order valence-corrected chi connectivity index (χ0v) is 36.0. The molecular formula is C56H48N4O2. The molecule has 1 aliphatic heterocycles. The molecule has 4 aromatic heterocycles. The lowest BCUT2D eigenvalue weighted by Gasteiger charge is -2.28. The number of H-pyrrole nitrogens is 3. The summed E-state index contributed by atoms with van der Waals surface area (Å²) in [7, 11) is 0. The molecule has 6 nitrogen and oxygen atoms in total. The summed E-state index contributed by atoms with van der Waals surface area (Å²) in [6.45, 7) is 12.4. The average Bonchev–Trinajstić information content (AvgIpc) is 4.08. The van der Waals surface area contributed by atoms with Crippen molar-refractivity contribution in [2.75, 3.05) is 0 Å². The van der Waals surface area contributed by atoms with Crippen molar-refractivity contribution in [3.63, 3.8) is 0 Å². The van der Waals surface area contributed by atoms with Gasteiger partial charge in [0.25, 0.3) is 0 Å². The number of hydrogen-bond donors (Lipinski definition) is 3. The molecule has 62 heavy (non-hydrogen) atoms. The first-order valence-electron chi connectivity index (χ1n) is 21.4. The van der Waals surface area contributed by atoms with Crippen LogP contribution in [0.2, 0.25) is 0 Å². The van der Waals surface area contributed by atoms with Crippen molar-refractivity contribution in [2.24, 2.45) is 5.41 Å². The van der Waals surface area contributed by atoms with Crippen molar-refractivity contribution < 1.29 is 9.59 Å². The Bertz CT molecular complexity index is 3330. The molecule has 5 heterocycles. The Morgan fingerprint density at radius 2 is 0.790 bits per heavy atom. The molecule has 10 rings (SSSR count). The number of ketones is 2. The number of aromatic nitrogens is 4. The van der Waals surface area contributed by atoms with Gasteiger partial charge in [0.15, 0.2) is 11.6 Å². The summed E-state index contributed by atoms with van der Waals surface area (Å²) in [4.78, 5) is 45.6. The third-order valence-electron chi connectivity index (χ3n) is 12.4. The van der Waals surface area contributed by atoms with Crippen LogP contribution >= 0.6 is 0 Å². The molecule has 6 heteroatoms. The van der Waals surface area contributed by atoms with Crippen molar-refractivity contribution in [3.05, 3.63) is 166 Å². The lowest BCUT2D eigenvalue weighted by atomic mass is 9.74. The van der Waals surface area contributed by atoms with Gasteiger partial charge in [-0.2, -0.15) is 0 Å². The number of nitrogens with one attached hydrogen (secondary N) is 3. The molecule has 304 valence electrons. The van der Waals surface area contributed by atoms with Gasteiger partial charge in [-0.05, 0) is 97.8 Å². The smallest absolute Gasteiger partial charge is 0.169 e. The molecule has 8 aromatic rings. The molecular weight excluding hydrogens is 761 g/mol. The van der Waals surface area contributed by atoms with Crippen LogP contribution < -0.4 is 5.35 Å². The van der Waals surface area contributed by atoms with Gasteiger partial charge >= 0.3 is 0 Å². The molecule has 0 saturated heterocycles. The monoisotopic (exact) mass is 808 g/mol. The number of nitrogens with zero attached hydrogens (tertiary/aromatic N) is 1. The van der Waals surface area contributed by atoms with Crippen LogP contribution in [0.4, 0.5) is 0 Å². The Morgan fingerprint density at radius 1 is 0.435 bits per heavy atom. The highest BCUT2D eigenvalue weighted by Gasteiger charge is 2.37. The second-order valence-corrected chi connectivity index (χ2v) is 18.0. The molecule has 1 aliphatic carbocycles. The zero-order valence-electron chi connectivity index (χ0n) is 36.0. The molecule has 0 unspecified atom stereocenters. The number of Topliss-reactive ketones (excluding diaryl/α,β-unsaturated/α-hetero) is 2. The van der Waals surface area contributed by atoms with E-state index in [1.54, 1.807) is 0 Å². The van der Waals surface area contributed by atoms with Gasteiger partial charge in [-0.1, -0.05) is 133 Å². The van der Waals surface area contributed by atoms with Crippen LogP contribution in [0.3, 0.4) is 0 Å². The summed E-state index contributed by atoms with van der Waals surface area (Å²) in [6, 6.07) is 44.8. The first-order valence-corrected chi connectivity index (χ1v) is 21.4. The fourth-order valence-corrected chi connectivity index (χ4v) is 9.22. The van der Waals surface area contributed by atoms with E-state index >= 15 is 0 Å². The van der Waals surface area contributed by atoms with Crippen LogP contribution in [-0.2, 0) is 9.59 Å². The Balaban J connectivity index is 1.47. The van der Waals surface area contributed by atoms with E-state index in [9.17, 15) is 9.59 Å². The number of aryl methyl sites for hydroxylation is 4. The van der Waals surface area contributed by atoms with Gasteiger partial charge in [-0.25, -0.2) is 4.98 Å². The second kappa shape index (κ2) is 15.0. The summed E-state index contributed by atoms with van der Waals surface area (Å²) >= 11 is 0. The number of fused-ring (bicyclic) bond motifs is 8. The minimum absolute atomic E-state index is 0.147. The van der Waals surface area contributed by atoms with E-state index < -0.39 is 5.41 Å². The van der Waals surface area contributed by atoms with E-state index in [2.05, 4.69) is 182 Å². The normalized spacial score (nSPS) is 14.3. The van der Waals surface area contributed by atoms with Crippen molar-refractivity contribution in [3.8, 4) is 44.5 Å². The van der Waals surface area contributed by atoms with E-state index in [0.717, 1.165) is 100.0 Å². The molecule has 1 saturated carbocycles. The summed E-state index contributed by atoms with van der Waals surface area (Å²) < 4.78 is 0. The Labute approximate surface area is 361 Å². The molecule has 2 aliphatic rings.